The Balaban J connectivity index is 2.45. The molecule has 2 aromatic rings. The van der Waals surface area contributed by atoms with E-state index in [1.165, 1.54) is 11.5 Å². The first-order valence-electron chi connectivity index (χ1n) is 3.26. The zero-order chi connectivity index (χ0) is 8.39. The fourth-order valence-electron chi connectivity index (χ4n) is 0.817. The molecule has 0 radical (unpaired) electrons. The van der Waals surface area contributed by atoms with Gasteiger partial charge in [0.15, 0.2) is 8.84 Å². The van der Waals surface area contributed by atoms with E-state index in [1.54, 1.807) is 12.4 Å². The number of hydrogen-bond donors (Lipinski definition) is 0. The lowest BCUT2D eigenvalue weighted by Gasteiger charge is -1.90. The van der Waals surface area contributed by atoms with Gasteiger partial charge in [0.25, 0.3) is 0 Å². The average molecular weight is 289 g/mol. The van der Waals surface area contributed by atoms with Crippen LogP contribution in [0.1, 0.15) is 0 Å². The Labute approximate surface area is 87.2 Å². The predicted octanol–water partition coefficient (Wildman–Crippen LogP) is 2.20. The highest BCUT2D eigenvalue weighted by Gasteiger charge is 2.02. The molecule has 0 saturated heterocycles. The highest BCUT2D eigenvalue weighted by molar-refractivity contribution is 14.1. The van der Waals surface area contributed by atoms with Gasteiger partial charge in [-0.2, -0.15) is 4.37 Å². The second kappa shape index (κ2) is 3.44. The SMILES string of the molecule is Ic1nc(-c2cccnc2)ns1. The largest absolute Gasteiger partial charge is 0.264 e. The number of nitrogens with zero attached hydrogens (tertiary/aromatic N) is 3. The molecule has 0 fully saturated rings. The maximum absolute atomic E-state index is 4.23. The Kier molecular flexibility index (Phi) is 2.31. The number of aromatic nitrogens is 3. The molecular formula is C7H4IN3S. The van der Waals surface area contributed by atoms with E-state index >= 15 is 0 Å². The Hall–Kier alpha value is -0.560. The topological polar surface area (TPSA) is 38.7 Å². The molecule has 0 spiro atoms. The Morgan fingerprint density at radius 1 is 1.42 bits per heavy atom. The van der Waals surface area contributed by atoms with Crippen LogP contribution in [0, 0.1) is 3.01 Å². The molecule has 0 atom stereocenters. The normalized spacial score (nSPS) is 10.1. The molecule has 2 rings (SSSR count). The Morgan fingerprint density at radius 3 is 2.92 bits per heavy atom. The third kappa shape index (κ3) is 1.61. The number of rotatable bonds is 1. The van der Waals surface area contributed by atoms with Crippen molar-refractivity contribution in [1.82, 2.24) is 14.3 Å². The minimum atomic E-state index is 0.762. The van der Waals surface area contributed by atoms with E-state index in [9.17, 15) is 0 Å². The van der Waals surface area contributed by atoms with Gasteiger partial charge in [0, 0.05) is 18.0 Å². The van der Waals surface area contributed by atoms with Gasteiger partial charge in [-0.3, -0.25) is 4.98 Å². The summed E-state index contributed by atoms with van der Waals surface area (Å²) in [7, 11) is 0. The second-order valence-electron chi connectivity index (χ2n) is 2.11. The molecule has 0 unspecified atom stereocenters. The zero-order valence-corrected chi connectivity index (χ0v) is 8.91. The number of halogens is 1. The zero-order valence-electron chi connectivity index (χ0n) is 5.94. The average Bonchev–Trinajstić information content (AvgIpc) is 2.54. The summed E-state index contributed by atoms with van der Waals surface area (Å²) in [6.45, 7) is 0. The molecule has 2 aromatic heterocycles. The van der Waals surface area contributed by atoms with Crippen molar-refractivity contribution in [1.29, 1.82) is 0 Å². The van der Waals surface area contributed by atoms with Gasteiger partial charge in [-0.05, 0) is 46.3 Å². The van der Waals surface area contributed by atoms with Crippen molar-refractivity contribution in [2.24, 2.45) is 0 Å². The van der Waals surface area contributed by atoms with E-state index in [1.807, 2.05) is 12.1 Å². The van der Waals surface area contributed by atoms with E-state index in [2.05, 4.69) is 36.9 Å². The van der Waals surface area contributed by atoms with Crippen LogP contribution in [-0.4, -0.2) is 14.3 Å². The molecule has 0 aliphatic carbocycles. The molecule has 3 nitrogen and oxygen atoms in total. The quantitative estimate of drug-likeness (QED) is 0.755. The minimum Gasteiger partial charge on any atom is -0.264 e. The molecule has 0 aliphatic rings. The lowest BCUT2D eigenvalue weighted by Crippen LogP contribution is -1.80. The number of pyridine rings is 1. The second-order valence-corrected chi connectivity index (χ2v) is 4.62. The number of hydrogen-bond acceptors (Lipinski definition) is 4. The van der Waals surface area contributed by atoms with E-state index in [0.717, 1.165) is 14.4 Å². The third-order valence-electron chi connectivity index (χ3n) is 1.32. The van der Waals surface area contributed by atoms with Gasteiger partial charge in [0.1, 0.15) is 0 Å². The molecule has 0 saturated carbocycles. The molecule has 0 aliphatic heterocycles. The van der Waals surface area contributed by atoms with Crippen LogP contribution in [0.4, 0.5) is 0 Å². The summed E-state index contributed by atoms with van der Waals surface area (Å²) in [5.74, 6) is 0.762. The van der Waals surface area contributed by atoms with Crippen LogP contribution in [0.2, 0.25) is 0 Å². The van der Waals surface area contributed by atoms with Gasteiger partial charge in [-0.15, -0.1) is 0 Å². The van der Waals surface area contributed by atoms with Gasteiger partial charge < -0.3 is 0 Å². The summed E-state index contributed by atoms with van der Waals surface area (Å²) in [4.78, 5) is 8.23. The lowest BCUT2D eigenvalue weighted by molar-refractivity contribution is 1.26. The molecule has 0 aromatic carbocycles. The molecular weight excluding hydrogens is 285 g/mol. The van der Waals surface area contributed by atoms with Crippen molar-refractivity contribution in [3.05, 3.63) is 27.5 Å². The predicted molar refractivity (Wildman–Crippen MR) is 55.9 cm³/mol. The molecule has 0 bridgehead atoms. The molecule has 12 heavy (non-hydrogen) atoms. The summed E-state index contributed by atoms with van der Waals surface area (Å²) in [5, 5.41) is 0. The summed E-state index contributed by atoms with van der Waals surface area (Å²) < 4.78 is 5.12. The van der Waals surface area contributed by atoms with E-state index in [4.69, 9.17) is 0 Å². The van der Waals surface area contributed by atoms with Gasteiger partial charge in [-0.25, -0.2) is 4.98 Å². The monoisotopic (exact) mass is 289 g/mol. The first-order chi connectivity index (χ1) is 5.86. The highest BCUT2D eigenvalue weighted by Crippen LogP contribution is 2.17. The van der Waals surface area contributed by atoms with Gasteiger partial charge in [0.05, 0.1) is 0 Å². The van der Waals surface area contributed by atoms with Gasteiger partial charge in [-0.1, -0.05) is 0 Å². The van der Waals surface area contributed by atoms with Crippen molar-refractivity contribution in [2.75, 3.05) is 0 Å². The van der Waals surface area contributed by atoms with Crippen LogP contribution in [-0.2, 0) is 0 Å². The highest BCUT2D eigenvalue weighted by atomic mass is 127. The minimum absolute atomic E-state index is 0.762. The molecule has 2 heterocycles. The first kappa shape index (κ1) is 8.06. The van der Waals surface area contributed by atoms with Gasteiger partial charge in [0.2, 0.25) is 0 Å². The Morgan fingerprint density at radius 2 is 2.33 bits per heavy atom. The van der Waals surface area contributed by atoms with Crippen LogP contribution < -0.4 is 0 Å². The van der Waals surface area contributed by atoms with Crippen molar-refractivity contribution in [2.45, 2.75) is 0 Å². The fourth-order valence-corrected chi connectivity index (χ4v) is 1.78. The first-order valence-corrected chi connectivity index (χ1v) is 5.11. The maximum atomic E-state index is 4.23. The fraction of sp³-hybridized carbons (Fsp3) is 0. The maximum Gasteiger partial charge on any atom is 0.175 e. The molecule has 5 heteroatoms. The summed E-state index contributed by atoms with van der Waals surface area (Å²) in [5.41, 5.74) is 0.969. The summed E-state index contributed by atoms with van der Waals surface area (Å²) >= 11 is 3.55. The van der Waals surface area contributed by atoms with Crippen LogP contribution in [0.15, 0.2) is 24.5 Å². The van der Waals surface area contributed by atoms with E-state index in [-0.39, 0.29) is 0 Å². The molecule has 0 amide bonds. The van der Waals surface area contributed by atoms with Crippen molar-refractivity contribution < 1.29 is 0 Å². The van der Waals surface area contributed by atoms with Crippen LogP contribution >= 0.6 is 34.1 Å². The van der Waals surface area contributed by atoms with E-state index in [0.29, 0.717) is 0 Å². The standard InChI is InChI=1S/C7H4IN3S/c8-7-10-6(11-12-7)5-2-1-3-9-4-5/h1-4H. The van der Waals surface area contributed by atoms with Crippen molar-refractivity contribution in [3.63, 3.8) is 0 Å². The summed E-state index contributed by atoms with van der Waals surface area (Å²) in [6.07, 6.45) is 3.50. The van der Waals surface area contributed by atoms with Crippen molar-refractivity contribution >= 4 is 34.1 Å². The summed E-state index contributed by atoms with van der Waals surface area (Å²) in [6, 6.07) is 3.83. The molecule has 60 valence electrons. The van der Waals surface area contributed by atoms with Gasteiger partial charge >= 0.3 is 0 Å². The van der Waals surface area contributed by atoms with E-state index < -0.39 is 0 Å². The third-order valence-corrected chi connectivity index (χ3v) is 2.66. The Bertz CT molecular complexity index is 373. The van der Waals surface area contributed by atoms with Crippen LogP contribution in [0.25, 0.3) is 11.4 Å². The molecule has 0 N–H and O–H groups in total. The lowest BCUT2D eigenvalue weighted by atomic mass is 10.3. The smallest absolute Gasteiger partial charge is 0.175 e. The van der Waals surface area contributed by atoms with Crippen LogP contribution in [0.5, 0.6) is 0 Å². The van der Waals surface area contributed by atoms with Crippen LogP contribution in [0.3, 0.4) is 0 Å². The van der Waals surface area contributed by atoms with Crippen molar-refractivity contribution in [3.8, 4) is 11.4 Å².